The molecule has 0 saturated carbocycles. The quantitative estimate of drug-likeness (QED) is 0.795. The first-order valence-corrected chi connectivity index (χ1v) is 10.7. The van der Waals surface area contributed by atoms with Gasteiger partial charge in [-0.05, 0) is 37.8 Å². The maximum absolute atomic E-state index is 12.5. The molecule has 2 heterocycles. The number of carbonyl (C=O) groups excluding carboxylic acids is 1. The minimum Gasteiger partial charge on any atom is -0.353 e. The van der Waals surface area contributed by atoms with Gasteiger partial charge in [-0.15, -0.1) is 0 Å². The predicted molar refractivity (Wildman–Crippen MR) is 97.4 cm³/mol. The van der Waals surface area contributed by atoms with Crippen molar-refractivity contribution in [2.24, 2.45) is 0 Å². The Morgan fingerprint density at radius 2 is 1.88 bits per heavy atom. The summed E-state index contributed by atoms with van der Waals surface area (Å²) in [6.45, 7) is 1.94. The number of hydrogen-bond donors (Lipinski definition) is 2. The van der Waals surface area contributed by atoms with Crippen molar-refractivity contribution in [1.82, 2.24) is 14.9 Å². The number of amides is 1. The summed E-state index contributed by atoms with van der Waals surface area (Å²) in [5, 5.41) is 6.39. The molecule has 138 valence electrons. The Bertz CT molecular complexity index is 664. The third-order valence-electron chi connectivity index (χ3n) is 5.00. The molecule has 0 aromatic heterocycles. The van der Waals surface area contributed by atoms with Gasteiger partial charge >= 0.3 is 0 Å². The Labute approximate surface area is 150 Å². The fourth-order valence-electron chi connectivity index (χ4n) is 3.60. The molecule has 25 heavy (non-hydrogen) atoms. The lowest BCUT2D eigenvalue weighted by molar-refractivity contribution is -0.122. The second-order valence-electron chi connectivity index (χ2n) is 6.98. The molecule has 0 bridgehead atoms. The molecule has 2 aliphatic rings. The second kappa shape index (κ2) is 8.29. The fraction of sp³-hybridized carbons (Fsp3) is 0.611. The fourth-order valence-corrected chi connectivity index (χ4v) is 5.16. The number of rotatable bonds is 6. The summed E-state index contributed by atoms with van der Waals surface area (Å²) in [5.41, 5.74) is 0.807. The van der Waals surface area contributed by atoms with E-state index in [0.29, 0.717) is 38.4 Å². The molecule has 2 N–H and O–H groups in total. The Kier molecular flexibility index (Phi) is 6.09. The molecule has 2 aliphatic heterocycles. The largest absolute Gasteiger partial charge is 0.353 e. The van der Waals surface area contributed by atoms with E-state index < -0.39 is 10.0 Å². The van der Waals surface area contributed by atoms with E-state index in [2.05, 4.69) is 10.6 Å². The van der Waals surface area contributed by atoms with Crippen molar-refractivity contribution in [3.05, 3.63) is 35.9 Å². The monoisotopic (exact) mass is 365 g/mol. The van der Waals surface area contributed by atoms with E-state index in [1.54, 1.807) is 4.31 Å². The highest BCUT2D eigenvalue weighted by atomic mass is 32.2. The minimum absolute atomic E-state index is 0.0399. The van der Waals surface area contributed by atoms with Gasteiger partial charge < -0.3 is 10.6 Å². The van der Waals surface area contributed by atoms with Crippen LogP contribution in [0.1, 0.15) is 37.7 Å². The Hall–Kier alpha value is -1.44. The molecule has 1 atom stereocenters. The summed E-state index contributed by atoms with van der Waals surface area (Å²) in [4.78, 5) is 12.1. The van der Waals surface area contributed by atoms with Crippen LogP contribution in [0.5, 0.6) is 0 Å². The van der Waals surface area contributed by atoms with Gasteiger partial charge in [-0.1, -0.05) is 30.3 Å². The Balaban J connectivity index is 1.45. The molecule has 6 nitrogen and oxygen atoms in total. The lowest BCUT2D eigenvalue weighted by Gasteiger charge is -2.31. The van der Waals surface area contributed by atoms with Gasteiger partial charge in [-0.2, -0.15) is 0 Å². The molecule has 1 aromatic rings. The highest BCUT2D eigenvalue weighted by molar-refractivity contribution is 7.88. The number of carbonyl (C=O) groups is 1. The number of benzene rings is 1. The molecule has 0 radical (unpaired) electrons. The van der Waals surface area contributed by atoms with E-state index in [9.17, 15) is 13.2 Å². The standard InChI is InChI=1S/C18H27N3O3S/c22-18(13-17-7-4-10-19-17)20-16-8-11-21(12-9-16)25(23,24)14-15-5-2-1-3-6-15/h1-3,5-6,16-17,19H,4,7-14H2,(H,20,22). The first-order chi connectivity index (χ1) is 12.0. The average Bonchev–Trinajstić information content (AvgIpc) is 3.08. The van der Waals surface area contributed by atoms with Crippen LogP contribution in [0.4, 0.5) is 0 Å². The van der Waals surface area contributed by atoms with E-state index in [1.807, 2.05) is 30.3 Å². The third-order valence-corrected chi connectivity index (χ3v) is 6.85. The van der Waals surface area contributed by atoms with Crippen molar-refractivity contribution in [3.8, 4) is 0 Å². The maximum atomic E-state index is 12.5. The summed E-state index contributed by atoms with van der Waals surface area (Å²) < 4.78 is 26.6. The zero-order chi connectivity index (χ0) is 17.7. The first kappa shape index (κ1) is 18.4. The van der Waals surface area contributed by atoms with E-state index in [1.165, 1.54) is 0 Å². The normalized spacial score (nSPS) is 22.8. The van der Waals surface area contributed by atoms with Crippen LogP contribution in [0.25, 0.3) is 0 Å². The van der Waals surface area contributed by atoms with Gasteiger partial charge in [-0.3, -0.25) is 4.79 Å². The summed E-state index contributed by atoms with van der Waals surface area (Å²) in [6, 6.07) is 9.63. The van der Waals surface area contributed by atoms with Crippen molar-refractivity contribution in [1.29, 1.82) is 0 Å². The van der Waals surface area contributed by atoms with Crippen molar-refractivity contribution in [3.63, 3.8) is 0 Å². The zero-order valence-electron chi connectivity index (χ0n) is 14.5. The molecule has 1 aromatic carbocycles. The second-order valence-corrected chi connectivity index (χ2v) is 8.95. The van der Waals surface area contributed by atoms with Crippen molar-refractivity contribution < 1.29 is 13.2 Å². The molecular weight excluding hydrogens is 338 g/mol. The predicted octanol–water partition coefficient (Wildman–Crippen LogP) is 1.24. The van der Waals surface area contributed by atoms with Crippen LogP contribution >= 0.6 is 0 Å². The van der Waals surface area contributed by atoms with E-state index in [0.717, 1.165) is 24.9 Å². The summed E-state index contributed by atoms with van der Waals surface area (Å²) in [7, 11) is -3.30. The van der Waals surface area contributed by atoms with E-state index in [-0.39, 0.29) is 17.7 Å². The molecule has 1 amide bonds. The Morgan fingerprint density at radius 1 is 1.16 bits per heavy atom. The van der Waals surface area contributed by atoms with Crippen LogP contribution in [0.3, 0.4) is 0 Å². The zero-order valence-corrected chi connectivity index (χ0v) is 15.3. The number of piperidine rings is 1. The van der Waals surface area contributed by atoms with Crippen LogP contribution in [-0.2, 0) is 20.6 Å². The number of hydrogen-bond acceptors (Lipinski definition) is 4. The van der Waals surface area contributed by atoms with Crippen LogP contribution in [0, 0.1) is 0 Å². The minimum atomic E-state index is -3.30. The molecule has 2 saturated heterocycles. The highest BCUT2D eigenvalue weighted by Gasteiger charge is 2.29. The van der Waals surface area contributed by atoms with Crippen LogP contribution in [0.2, 0.25) is 0 Å². The van der Waals surface area contributed by atoms with Crippen LogP contribution < -0.4 is 10.6 Å². The van der Waals surface area contributed by atoms with Gasteiger partial charge in [-0.25, -0.2) is 12.7 Å². The summed E-state index contributed by atoms with van der Waals surface area (Å²) in [6.07, 6.45) is 4.07. The van der Waals surface area contributed by atoms with Crippen LogP contribution in [-0.4, -0.2) is 50.3 Å². The van der Waals surface area contributed by atoms with E-state index in [4.69, 9.17) is 0 Å². The van der Waals surface area contributed by atoms with Crippen LogP contribution in [0.15, 0.2) is 30.3 Å². The SMILES string of the molecule is O=C(CC1CCCN1)NC1CCN(S(=O)(=O)Cc2ccccc2)CC1. The van der Waals surface area contributed by atoms with Gasteiger partial charge in [0.05, 0.1) is 5.75 Å². The molecule has 0 aliphatic carbocycles. The van der Waals surface area contributed by atoms with Gasteiger partial charge in [0, 0.05) is 31.6 Å². The Morgan fingerprint density at radius 3 is 2.52 bits per heavy atom. The molecule has 0 spiro atoms. The van der Waals surface area contributed by atoms with E-state index >= 15 is 0 Å². The number of nitrogens with zero attached hydrogens (tertiary/aromatic N) is 1. The van der Waals surface area contributed by atoms with Gasteiger partial charge in [0.25, 0.3) is 0 Å². The molecule has 7 heteroatoms. The average molecular weight is 365 g/mol. The third kappa shape index (κ3) is 5.26. The van der Waals surface area contributed by atoms with Gasteiger partial charge in [0.2, 0.25) is 15.9 Å². The van der Waals surface area contributed by atoms with Gasteiger partial charge in [0.15, 0.2) is 0 Å². The smallest absolute Gasteiger partial charge is 0.221 e. The highest BCUT2D eigenvalue weighted by Crippen LogP contribution is 2.18. The van der Waals surface area contributed by atoms with Gasteiger partial charge in [0.1, 0.15) is 0 Å². The number of nitrogens with one attached hydrogen (secondary N) is 2. The lowest BCUT2D eigenvalue weighted by Crippen LogP contribution is -2.47. The number of sulfonamides is 1. The van der Waals surface area contributed by atoms with Crippen molar-refractivity contribution in [2.45, 2.75) is 49.9 Å². The topological polar surface area (TPSA) is 78.5 Å². The summed E-state index contributed by atoms with van der Waals surface area (Å²) in [5.74, 6) is 0.114. The molecule has 2 fully saturated rings. The molecule has 1 unspecified atom stereocenters. The summed E-state index contributed by atoms with van der Waals surface area (Å²) >= 11 is 0. The first-order valence-electron chi connectivity index (χ1n) is 9.07. The molecular formula is C18H27N3O3S. The molecule has 3 rings (SSSR count). The van der Waals surface area contributed by atoms with Crippen molar-refractivity contribution in [2.75, 3.05) is 19.6 Å². The maximum Gasteiger partial charge on any atom is 0.221 e. The van der Waals surface area contributed by atoms with Crippen molar-refractivity contribution >= 4 is 15.9 Å². The lowest BCUT2D eigenvalue weighted by atomic mass is 10.1.